The predicted octanol–water partition coefficient (Wildman–Crippen LogP) is 0.814. The monoisotopic (exact) mass is 282 g/mol. The van der Waals surface area contributed by atoms with Gasteiger partial charge in [0.1, 0.15) is 11.1 Å². The minimum Gasteiger partial charge on any atom is -0.296 e. The first-order valence-corrected chi connectivity index (χ1v) is 7.56. The van der Waals surface area contributed by atoms with Gasteiger partial charge < -0.3 is 0 Å². The second kappa shape index (κ2) is 5.02. The molecule has 2 aliphatic rings. The fourth-order valence-electron chi connectivity index (χ4n) is 2.69. The van der Waals surface area contributed by atoms with E-state index in [1.165, 1.54) is 0 Å². The molecule has 2 rings (SSSR count). The first-order valence-electron chi connectivity index (χ1n) is 7.56. The fraction of sp³-hybridized carbons (Fsp3) is 1.00. The second-order valence-electron chi connectivity index (χ2n) is 7.28. The average molecular weight is 282 g/mol. The average Bonchev–Trinajstić information content (AvgIpc) is 2.98. The zero-order valence-corrected chi connectivity index (χ0v) is 13.7. The van der Waals surface area contributed by atoms with Crippen LogP contribution in [0.25, 0.3) is 0 Å². The molecule has 0 spiro atoms. The van der Waals surface area contributed by atoms with E-state index in [9.17, 15) is 0 Å². The van der Waals surface area contributed by atoms with Crippen LogP contribution in [0.2, 0.25) is 0 Å². The SMILES string of the molecule is CC(C)(N=NC(C)(C)C1(C)NCCN1)C1(C)NCCN1. The van der Waals surface area contributed by atoms with E-state index in [0.29, 0.717) is 0 Å². The normalized spacial score (nSPS) is 26.5. The van der Waals surface area contributed by atoms with Crippen molar-refractivity contribution in [1.29, 1.82) is 0 Å². The summed E-state index contributed by atoms with van der Waals surface area (Å²) in [7, 11) is 0. The molecule has 6 nitrogen and oxygen atoms in total. The maximum atomic E-state index is 4.69. The van der Waals surface area contributed by atoms with Gasteiger partial charge >= 0.3 is 0 Å². The van der Waals surface area contributed by atoms with E-state index in [0.717, 1.165) is 26.2 Å². The van der Waals surface area contributed by atoms with E-state index in [1.807, 2.05) is 0 Å². The van der Waals surface area contributed by atoms with E-state index in [1.54, 1.807) is 0 Å². The molecule has 2 heterocycles. The smallest absolute Gasteiger partial charge is 0.107 e. The predicted molar refractivity (Wildman–Crippen MR) is 81.8 cm³/mol. The van der Waals surface area contributed by atoms with Crippen LogP contribution in [0.4, 0.5) is 0 Å². The van der Waals surface area contributed by atoms with Crippen LogP contribution >= 0.6 is 0 Å². The zero-order chi connectivity index (χ0) is 15.1. The highest BCUT2D eigenvalue weighted by molar-refractivity contribution is 5.07. The van der Waals surface area contributed by atoms with Crippen LogP contribution in [0.15, 0.2) is 10.2 Å². The van der Waals surface area contributed by atoms with Crippen LogP contribution in [0.1, 0.15) is 41.5 Å². The molecule has 116 valence electrons. The summed E-state index contributed by atoms with van der Waals surface area (Å²) in [6, 6.07) is 0. The number of nitrogens with one attached hydrogen (secondary N) is 4. The van der Waals surface area contributed by atoms with Gasteiger partial charge in [-0.2, -0.15) is 10.2 Å². The minimum atomic E-state index is -0.310. The Morgan fingerprint density at radius 1 is 0.650 bits per heavy atom. The van der Waals surface area contributed by atoms with Gasteiger partial charge in [0, 0.05) is 26.2 Å². The topological polar surface area (TPSA) is 72.8 Å². The lowest BCUT2D eigenvalue weighted by Gasteiger charge is -2.41. The number of nitrogens with zero attached hydrogens (tertiary/aromatic N) is 2. The van der Waals surface area contributed by atoms with Gasteiger partial charge in [0.25, 0.3) is 0 Å². The van der Waals surface area contributed by atoms with E-state index in [2.05, 4.69) is 62.8 Å². The Kier molecular flexibility index (Phi) is 3.97. The second-order valence-corrected chi connectivity index (χ2v) is 7.28. The maximum absolute atomic E-state index is 4.69. The van der Waals surface area contributed by atoms with Crippen molar-refractivity contribution >= 4 is 0 Å². The van der Waals surface area contributed by atoms with Gasteiger partial charge in [0.2, 0.25) is 0 Å². The molecule has 0 aliphatic carbocycles. The quantitative estimate of drug-likeness (QED) is 0.576. The van der Waals surface area contributed by atoms with Gasteiger partial charge in [-0.1, -0.05) is 0 Å². The first kappa shape index (κ1) is 15.8. The Bertz CT molecular complexity index is 339. The van der Waals surface area contributed by atoms with Crippen LogP contribution in [0, 0.1) is 0 Å². The first-order chi connectivity index (χ1) is 9.12. The molecule has 4 N–H and O–H groups in total. The third-order valence-electron chi connectivity index (χ3n) is 5.16. The van der Waals surface area contributed by atoms with Gasteiger partial charge in [0.05, 0.1) is 11.3 Å². The van der Waals surface area contributed by atoms with Gasteiger partial charge in [-0.15, -0.1) is 0 Å². The van der Waals surface area contributed by atoms with Crippen molar-refractivity contribution in [2.45, 2.75) is 63.9 Å². The van der Waals surface area contributed by atoms with Crippen LogP contribution in [-0.2, 0) is 0 Å². The molecule has 0 aromatic carbocycles. The van der Waals surface area contributed by atoms with Crippen molar-refractivity contribution < 1.29 is 0 Å². The molecular weight excluding hydrogens is 252 g/mol. The van der Waals surface area contributed by atoms with E-state index < -0.39 is 0 Å². The summed E-state index contributed by atoms with van der Waals surface area (Å²) in [6.45, 7) is 16.7. The van der Waals surface area contributed by atoms with Gasteiger partial charge in [0.15, 0.2) is 0 Å². The van der Waals surface area contributed by atoms with E-state index in [-0.39, 0.29) is 22.4 Å². The summed E-state index contributed by atoms with van der Waals surface area (Å²) in [5, 5.41) is 23.4. The Morgan fingerprint density at radius 2 is 0.900 bits per heavy atom. The largest absolute Gasteiger partial charge is 0.296 e. The molecule has 0 unspecified atom stereocenters. The Balaban J connectivity index is 2.15. The Labute approximate surface area is 122 Å². The molecular formula is C14H30N6. The summed E-state index contributed by atoms with van der Waals surface area (Å²) in [6.07, 6.45) is 0. The molecule has 0 aromatic heterocycles. The van der Waals surface area contributed by atoms with E-state index in [4.69, 9.17) is 10.2 Å². The van der Waals surface area contributed by atoms with Gasteiger partial charge in [-0.05, 0) is 41.5 Å². The molecule has 2 fully saturated rings. The number of hydrogen-bond acceptors (Lipinski definition) is 6. The third kappa shape index (κ3) is 2.62. The number of hydrogen-bond donors (Lipinski definition) is 4. The summed E-state index contributed by atoms with van der Waals surface area (Å²) < 4.78 is 0. The van der Waals surface area contributed by atoms with Crippen molar-refractivity contribution in [3.8, 4) is 0 Å². The summed E-state index contributed by atoms with van der Waals surface area (Å²) in [4.78, 5) is 0. The molecule has 0 saturated carbocycles. The molecule has 0 atom stereocenters. The van der Waals surface area contributed by atoms with Crippen molar-refractivity contribution in [1.82, 2.24) is 21.3 Å². The van der Waals surface area contributed by atoms with Crippen LogP contribution < -0.4 is 21.3 Å². The molecule has 2 aliphatic heterocycles. The third-order valence-corrected chi connectivity index (χ3v) is 5.16. The summed E-state index contributed by atoms with van der Waals surface area (Å²) in [5.41, 5.74) is -1.03. The van der Waals surface area contributed by atoms with Gasteiger partial charge in [-0.25, -0.2) is 0 Å². The molecule has 0 radical (unpaired) electrons. The molecule has 20 heavy (non-hydrogen) atoms. The molecule has 2 saturated heterocycles. The molecule has 0 amide bonds. The van der Waals surface area contributed by atoms with Crippen molar-refractivity contribution in [2.24, 2.45) is 10.2 Å². The lowest BCUT2D eigenvalue weighted by molar-refractivity contribution is 0.179. The summed E-state index contributed by atoms with van der Waals surface area (Å²) in [5.74, 6) is 0. The molecule has 0 aromatic rings. The Hall–Kier alpha value is -0.560. The summed E-state index contributed by atoms with van der Waals surface area (Å²) >= 11 is 0. The van der Waals surface area contributed by atoms with Crippen LogP contribution in [0.3, 0.4) is 0 Å². The lowest BCUT2D eigenvalue weighted by atomic mass is 9.89. The minimum absolute atomic E-state index is 0.204. The van der Waals surface area contributed by atoms with Crippen molar-refractivity contribution in [2.75, 3.05) is 26.2 Å². The maximum Gasteiger partial charge on any atom is 0.107 e. The van der Waals surface area contributed by atoms with Crippen molar-refractivity contribution in [3.63, 3.8) is 0 Å². The highest BCUT2D eigenvalue weighted by Gasteiger charge is 2.46. The molecule has 0 bridgehead atoms. The zero-order valence-electron chi connectivity index (χ0n) is 13.7. The highest BCUT2D eigenvalue weighted by atomic mass is 15.4. The van der Waals surface area contributed by atoms with Crippen LogP contribution in [-0.4, -0.2) is 48.6 Å². The van der Waals surface area contributed by atoms with Crippen LogP contribution in [0.5, 0.6) is 0 Å². The lowest BCUT2D eigenvalue weighted by Crippen LogP contribution is -2.62. The standard InChI is InChI=1S/C14H30N6/c1-11(2,13(5)15-7-8-16-13)19-20-12(3,4)14(6)17-9-10-18-14/h15-18H,7-10H2,1-6H3. The van der Waals surface area contributed by atoms with Gasteiger partial charge in [-0.3, -0.25) is 21.3 Å². The Morgan fingerprint density at radius 3 is 1.15 bits per heavy atom. The fourth-order valence-corrected chi connectivity index (χ4v) is 2.69. The number of rotatable bonds is 4. The van der Waals surface area contributed by atoms with Crippen molar-refractivity contribution in [3.05, 3.63) is 0 Å². The van der Waals surface area contributed by atoms with E-state index >= 15 is 0 Å². The number of azo groups is 1. The highest BCUT2D eigenvalue weighted by Crippen LogP contribution is 2.30. The molecule has 6 heteroatoms.